The summed E-state index contributed by atoms with van der Waals surface area (Å²) in [6, 6.07) is 6.69. The van der Waals surface area contributed by atoms with E-state index < -0.39 is 0 Å². The molecule has 0 aliphatic rings. The Balaban J connectivity index is 2.00. The molecule has 2 aromatic rings. The smallest absolute Gasteiger partial charge is 0.319 e. The number of aliphatic hydroxyl groups excluding tert-OH is 1. The van der Waals surface area contributed by atoms with Crippen LogP contribution in [0.4, 0.5) is 10.5 Å². The molecule has 0 atom stereocenters. The van der Waals surface area contributed by atoms with Crippen LogP contribution < -0.4 is 10.6 Å². The number of anilines is 1. The molecule has 0 aliphatic carbocycles. The molecule has 0 unspecified atom stereocenters. The van der Waals surface area contributed by atoms with Crippen LogP contribution in [0.2, 0.25) is 0 Å². The summed E-state index contributed by atoms with van der Waals surface area (Å²) in [6.07, 6.45) is 0.692. The van der Waals surface area contributed by atoms with Crippen molar-refractivity contribution in [1.82, 2.24) is 15.5 Å². The van der Waals surface area contributed by atoms with Crippen LogP contribution >= 0.6 is 0 Å². The van der Waals surface area contributed by atoms with Crippen LogP contribution in [0.5, 0.6) is 0 Å². The maximum Gasteiger partial charge on any atom is 0.319 e. The Morgan fingerprint density at radius 3 is 2.65 bits per heavy atom. The number of carbonyl (C=O) groups is 1. The fraction of sp³-hybridized carbons (Fsp3) is 0.308. The van der Waals surface area contributed by atoms with E-state index in [1.807, 2.05) is 6.92 Å². The highest BCUT2D eigenvalue weighted by Gasteiger charge is 2.07. The van der Waals surface area contributed by atoms with Gasteiger partial charge in [-0.2, -0.15) is 0 Å². The van der Waals surface area contributed by atoms with Gasteiger partial charge < -0.3 is 20.2 Å². The topological polar surface area (TPSA) is 100 Å². The number of nitrogens with one attached hydrogen (secondary N) is 2. The number of aliphatic hydroxyl groups is 1. The first-order chi connectivity index (χ1) is 9.72. The third-order valence-corrected chi connectivity index (χ3v) is 2.56. The zero-order valence-electron chi connectivity index (χ0n) is 11.1. The predicted octanol–water partition coefficient (Wildman–Crippen LogP) is 1.41. The first-order valence-electron chi connectivity index (χ1n) is 6.31. The van der Waals surface area contributed by atoms with Gasteiger partial charge in [0, 0.05) is 24.2 Å². The number of amides is 2. The molecule has 2 rings (SSSR count). The van der Waals surface area contributed by atoms with E-state index in [-0.39, 0.29) is 19.2 Å². The number of aromatic nitrogens is 2. The molecule has 1 heterocycles. The number of rotatable bonds is 5. The fourth-order valence-corrected chi connectivity index (χ4v) is 1.55. The van der Waals surface area contributed by atoms with Gasteiger partial charge >= 0.3 is 6.03 Å². The maximum absolute atomic E-state index is 11.4. The van der Waals surface area contributed by atoms with Crippen molar-refractivity contribution in [2.45, 2.75) is 13.3 Å². The van der Waals surface area contributed by atoms with Crippen molar-refractivity contribution >= 4 is 11.7 Å². The summed E-state index contributed by atoms with van der Waals surface area (Å²) < 4.78 is 5.44. The first-order valence-corrected chi connectivity index (χ1v) is 6.31. The summed E-state index contributed by atoms with van der Waals surface area (Å²) in [6.45, 7) is 2.06. The predicted molar refractivity (Wildman–Crippen MR) is 73.2 cm³/mol. The Morgan fingerprint density at radius 2 is 2.05 bits per heavy atom. The van der Waals surface area contributed by atoms with E-state index in [2.05, 4.69) is 20.8 Å². The van der Waals surface area contributed by atoms with Gasteiger partial charge in [0.1, 0.15) is 0 Å². The van der Waals surface area contributed by atoms with Gasteiger partial charge in [-0.15, -0.1) is 10.2 Å². The first kappa shape index (κ1) is 14.0. The standard InChI is InChI=1S/C13H16N4O3/c1-2-11-16-17-12(20-11)9-3-5-10(6-4-9)15-13(19)14-7-8-18/h3-6,18H,2,7-8H2,1H3,(H2,14,15,19). The van der Waals surface area contributed by atoms with Gasteiger partial charge in [-0.25, -0.2) is 4.79 Å². The normalized spacial score (nSPS) is 10.3. The fourth-order valence-electron chi connectivity index (χ4n) is 1.55. The Hall–Kier alpha value is -2.41. The Labute approximate surface area is 116 Å². The molecule has 0 bridgehead atoms. The van der Waals surface area contributed by atoms with Crippen molar-refractivity contribution in [2.24, 2.45) is 0 Å². The lowest BCUT2D eigenvalue weighted by Crippen LogP contribution is -2.30. The van der Waals surface area contributed by atoms with E-state index in [0.717, 1.165) is 5.56 Å². The highest BCUT2D eigenvalue weighted by molar-refractivity contribution is 5.89. The summed E-state index contributed by atoms with van der Waals surface area (Å²) in [5.74, 6) is 1.05. The van der Waals surface area contributed by atoms with Crippen molar-refractivity contribution in [3.8, 4) is 11.5 Å². The van der Waals surface area contributed by atoms with Crippen LogP contribution in [0, 0.1) is 0 Å². The molecule has 1 aromatic carbocycles. The molecule has 0 radical (unpaired) electrons. The van der Waals surface area contributed by atoms with E-state index in [9.17, 15) is 4.79 Å². The molecule has 0 saturated heterocycles. The second-order valence-corrected chi connectivity index (χ2v) is 4.04. The Kier molecular flexibility index (Phi) is 4.67. The van der Waals surface area contributed by atoms with Crippen LogP contribution in [-0.2, 0) is 6.42 Å². The second kappa shape index (κ2) is 6.67. The van der Waals surface area contributed by atoms with Gasteiger partial charge in [0.2, 0.25) is 11.8 Å². The van der Waals surface area contributed by atoms with Gasteiger partial charge in [0.05, 0.1) is 6.61 Å². The molecule has 0 spiro atoms. The summed E-state index contributed by atoms with van der Waals surface area (Å²) in [4.78, 5) is 11.4. The van der Waals surface area contributed by atoms with Crippen LogP contribution in [-0.4, -0.2) is 34.5 Å². The summed E-state index contributed by atoms with van der Waals surface area (Å²) >= 11 is 0. The number of nitrogens with zero attached hydrogens (tertiary/aromatic N) is 2. The van der Waals surface area contributed by atoms with Gasteiger partial charge in [0.15, 0.2) is 0 Å². The molecular formula is C13H16N4O3. The van der Waals surface area contributed by atoms with Gasteiger partial charge in [-0.3, -0.25) is 0 Å². The van der Waals surface area contributed by atoms with E-state index >= 15 is 0 Å². The molecule has 0 saturated carbocycles. The second-order valence-electron chi connectivity index (χ2n) is 4.04. The SMILES string of the molecule is CCc1nnc(-c2ccc(NC(=O)NCCO)cc2)o1. The molecule has 1 aromatic heterocycles. The Morgan fingerprint density at radius 1 is 1.30 bits per heavy atom. The van der Waals surface area contributed by atoms with E-state index in [1.165, 1.54) is 0 Å². The molecule has 106 valence electrons. The summed E-state index contributed by atoms with van der Waals surface area (Å²) in [5.41, 5.74) is 1.43. The van der Waals surface area contributed by atoms with Crippen molar-refractivity contribution in [1.29, 1.82) is 0 Å². The highest BCUT2D eigenvalue weighted by atomic mass is 16.4. The van der Waals surface area contributed by atoms with Crippen molar-refractivity contribution in [2.75, 3.05) is 18.5 Å². The van der Waals surface area contributed by atoms with Gasteiger partial charge in [-0.05, 0) is 24.3 Å². The number of urea groups is 1. The van der Waals surface area contributed by atoms with Crippen LogP contribution in [0.15, 0.2) is 28.7 Å². The van der Waals surface area contributed by atoms with E-state index in [1.54, 1.807) is 24.3 Å². The molecule has 0 aliphatic heterocycles. The number of aryl methyl sites for hydroxylation is 1. The highest BCUT2D eigenvalue weighted by Crippen LogP contribution is 2.20. The quantitative estimate of drug-likeness (QED) is 0.766. The van der Waals surface area contributed by atoms with Crippen LogP contribution in [0.3, 0.4) is 0 Å². The maximum atomic E-state index is 11.4. The molecular weight excluding hydrogens is 260 g/mol. The molecule has 7 nitrogen and oxygen atoms in total. The van der Waals surface area contributed by atoms with Gasteiger partial charge in [-0.1, -0.05) is 6.92 Å². The van der Waals surface area contributed by atoms with Crippen molar-refractivity contribution in [3.05, 3.63) is 30.2 Å². The minimum absolute atomic E-state index is 0.0940. The monoisotopic (exact) mass is 276 g/mol. The third-order valence-electron chi connectivity index (χ3n) is 2.56. The zero-order valence-corrected chi connectivity index (χ0v) is 11.1. The number of hydrogen-bond donors (Lipinski definition) is 3. The average molecular weight is 276 g/mol. The number of carbonyl (C=O) groups excluding carboxylic acids is 1. The minimum atomic E-state index is -0.363. The average Bonchev–Trinajstić information content (AvgIpc) is 2.95. The van der Waals surface area contributed by atoms with Gasteiger partial charge in [0.25, 0.3) is 0 Å². The lowest BCUT2D eigenvalue weighted by molar-refractivity contribution is 0.245. The zero-order chi connectivity index (χ0) is 14.4. The van der Waals surface area contributed by atoms with Crippen LogP contribution in [0.1, 0.15) is 12.8 Å². The number of benzene rings is 1. The molecule has 20 heavy (non-hydrogen) atoms. The Bertz CT molecular complexity index is 565. The largest absolute Gasteiger partial charge is 0.421 e. The molecule has 2 amide bonds. The molecule has 3 N–H and O–H groups in total. The third kappa shape index (κ3) is 3.55. The van der Waals surface area contributed by atoms with E-state index in [0.29, 0.717) is 23.9 Å². The minimum Gasteiger partial charge on any atom is -0.421 e. The summed E-state index contributed by atoms with van der Waals surface area (Å²) in [7, 11) is 0. The van der Waals surface area contributed by atoms with Crippen molar-refractivity contribution in [3.63, 3.8) is 0 Å². The van der Waals surface area contributed by atoms with Crippen LogP contribution in [0.25, 0.3) is 11.5 Å². The number of hydrogen-bond acceptors (Lipinski definition) is 5. The summed E-state index contributed by atoms with van der Waals surface area (Å²) in [5, 5.41) is 21.6. The van der Waals surface area contributed by atoms with Crippen molar-refractivity contribution < 1.29 is 14.3 Å². The lowest BCUT2D eigenvalue weighted by atomic mass is 10.2. The lowest BCUT2D eigenvalue weighted by Gasteiger charge is -2.06. The molecule has 7 heteroatoms. The van der Waals surface area contributed by atoms with E-state index in [4.69, 9.17) is 9.52 Å². The molecule has 0 fully saturated rings.